The van der Waals surface area contributed by atoms with E-state index in [1.54, 1.807) is 6.07 Å². The second kappa shape index (κ2) is 5.73. The molecule has 1 N–H and O–H groups in total. The van der Waals surface area contributed by atoms with Crippen molar-refractivity contribution in [1.29, 1.82) is 0 Å². The summed E-state index contributed by atoms with van der Waals surface area (Å²) < 4.78 is 13.5. The molecular formula is C16H21FN2O2. The number of rotatable bonds is 3. The molecule has 0 aliphatic carbocycles. The first kappa shape index (κ1) is 14.5. The molecule has 1 aromatic carbocycles. The molecule has 2 saturated heterocycles. The summed E-state index contributed by atoms with van der Waals surface area (Å²) in [5.41, 5.74) is 0.631. The molecule has 0 aromatic heterocycles. The molecule has 0 saturated carbocycles. The SMILES string of the molecule is CC1CN2CCCC2CN1Cc1ccc(F)c(C(=O)O)c1. The molecular weight excluding hydrogens is 271 g/mol. The normalized spacial score (nSPS) is 26.8. The van der Waals surface area contributed by atoms with Crippen LogP contribution in [0.5, 0.6) is 0 Å². The first-order chi connectivity index (χ1) is 10.0. The quantitative estimate of drug-likeness (QED) is 0.927. The Morgan fingerprint density at radius 1 is 1.43 bits per heavy atom. The van der Waals surface area contributed by atoms with Crippen LogP contribution in [0, 0.1) is 5.82 Å². The summed E-state index contributed by atoms with van der Waals surface area (Å²) >= 11 is 0. The number of carboxylic acids is 1. The maximum absolute atomic E-state index is 13.5. The summed E-state index contributed by atoms with van der Waals surface area (Å²) in [6.07, 6.45) is 2.51. The molecule has 2 unspecified atom stereocenters. The predicted molar refractivity (Wildman–Crippen MR) is 77.8 cm³/mol. The molecule has 5 heteroatoms. The van der Waals surface area contributed by atoms with Crippen LogP contribution in [-0.4, -0.2) is 52.6 Å². The number of hydrogen-bond acceptors (Lipinski definition) is 3. The van der Waals surface area contributed by atoms with Crippen molar-refractivity contribution in [2.75, 3.05) is 19.6 Å². The highest BCUT2D eigenvalue weighted by Crippen LogP contribution is 2.26. The van der Waals surface area contributed by atoms with E-state index in [0.29, 0.717) is 18.6 Å². The highest BCUT2D eigenvalue weighted by molar-refractivity contribution is 5.88. The molecule has 2 heterocycles. The zero-order chi connectivity index (χ0) is 15.0. The van der Waals surface area contributed by atoms with Gasteiger partial charge in [-0.15, -0.1) is 0 Å². The van der Waals surface area contributed by atoms with Gasteiger partial charge in [0.15, 0.2) is 0 Å². The lowest BCUT2D eigenvalue weighted by Crippen LogP contribution is -2.54. The van der Waals surface area contributed by atoms with Crippen molar-refractivity contribution in [1.82, 2.24) is 9.80 Å². The Labute approximate surface area is 124 Å². The Morgan fingerprint density at radius 3 is 3.00 bits per heavy atom. The van der Waals surface area contributed by atoms with Gasteiger partial charge in [0.25, 0.3) is 0 Å². The van der Waals surface area contributed by atoms with Crippen LogP contribution < -0.4 is 0 Å². The van der Waals surface area contributed by atoms with E-state index >= 15 is 0 Å². The predicted octanol–water partition coefficient (Wildman–Crippen LogP) is 2.19. The van der Waals surface area contributed by atoms with Gasteiger partial charge in [-0.2, -0.15) is 0 Å². The minimum Gasteiger partial charge on any atom is -0.478 e. The number of halogens is 1. The lowest BCUT2D eigenvalue weighted by Gasteiger charge is -2.42. The highest BCUT2D eigenvalue weighted by atomic mass is 19.1. The van der Waals surface area contributed by atoms with Crippen LogP contribution in [0.25, 0.3) is 0 Å². The third-order valence-corrected chi connectivity index (χ3v) is 4.71. The van der Waals surface area contributed by atoms with E-state index < -0.39 is 11.8 Å². The van der Waals surface area contributed by atoms with Gasteiger partial charge in [0.2, 0.25) is 0 Å². The minimum absolute atomic E-state index is 0.236. The van der Waals surface area contributed by atoms with Crippen molar-refractivity contribution < 1.29 is 14.3 Å². The number of nitrogens with zero attached hydrogens (tertiary/aromatic N) is 2. The van der Waals surface area contributed by atoms with Gasteiger partial charge in [0.05, 0.1) is 5.56 Å². The smallest absolute Gasteiger partial charge is 0.338 e. The zero-order valence-corrected chi connectivity index (χ0v) is 12.3. The van der Waals surface area contributed by atoms with E-state index in [4.69, 9.17) is 5.11 Å². The summed E-state index contributed by atoms with van der Waals surface area (Å²) in [6.45, 7) is 6.17. The van der Waals surface area contributed by atoms with Gasteiger partial charge >= 0.3 is 5.97 Å². The van der Waals surface area contributed by atoms with Gasteiger partial charge in [0.1, 0.15) is 5.82 Å². The van der Waals surface area contributed by atoms with Crippen LogP contribution in [0.2, 0.25) is 0 Å². The van der Waals surface area contributed by atoms with Gasteiger partial charge < -0.3 is 5.11 Å². The Balaban J connectivity index is 1.74. The van der Waals surface area contributed by atoms with Crippen LogP contribution in [0.3, 0.4) is 0 Å². The van der Waals surface area contributed by atoms with Gasteiger partial charge in [0, 0.05) is 31.7 Å². The lowest BCUT2D eigenvalue weighted by atomic mass is 10.1. The van der Waals surface area contributed by atoms with Crippen molar-refractivity contribution in [2.24, 2.45) is 0 Å². The van der Waals surface area contributed by atoms with Crippen LogP contribution in [0.4, 0.5) is 4.39 Å². The molecule has 2 fully saturated rings. The molecule has 2 aliphatic rings. The van der Waals surface area contributed by atoms with Gasteiger partial charge in [-0.1, -0.05) is 6.07 Å². The van der Waals surface area contributed by atoms with E-state index in [9.17, 15) is 9.18 Å². The second-order valence-corrected chi connectivity index (χ2v) is 6.19. The molecule has 114 valence electrons. The average Bonchev–Trinajstić information content (AvgIpc) is 2.88. The molecule has 0 radical (unpaired) electrons. The van der Waals surface area contributed by atoms with Crippen LogP contribution in [-0.2, 0) is 6.54 Å². The molecule has 4 nitrogen and oxygen atoms in total. The van der Waals surface area contributed by atoms with Crippen LogP contribution in [0.15, 0.2) is 18.2 Å². The standard InChI is InChI=1S/C16H21FN2O2/c1-11-8-18-6-2-3-13(18)10-19(11)9-12-4-5-15(17)14(7-12)16(20)21/h4-5,7,11,13H,2-3,6,8-10H2,1H3,(H,20,21). The van der Waals surface area contributed by atoms with Crippen molar-refractivity contribution in [3.63, 3.8) is 0 Å². The lowest BCUT2D eigenvalue weighted by molar-refractivity contribution is 0.0539. The van der Waals surface area contributed by atoms with E-state index in [-0.39, 0.29) is 5.56 Å². The molecule has 21 heavy (non-hydrogen) atoms. The average molecular weight is 292 g/mol. The van der Waals surface area contributed by atoms with Crippen molar-refractivity contribution in [3.05, 3.63) is 35.1 Å². The second-order valence-electron chi connectivity index (χ2n) is 6.19. The maximum atomic E-state index is 13.5. The Bertz CT molecular complexity index is 549. The zero-order valence-electron chi connectivity index (χ0n) is 12.3. The topological polar surface area (TPSA) is 43.8 Å². The first-order valence-corrected chi connectivity index (χ1v) is 7.54. The molecule has 0 bridgehead atoms. The summed E-state index contributed by atoms with van der Waals surface area (Å²) in [5, 5.41) is 9.01. The number of fused-ring (bicyclic) bond motifs is 1. The van der Waals surface area contributed by atoms with E-state index in [1.807, 2.05) is 0 Å². The number of carboxylic acid groups (broad SMARTS) is 1. The Kier molecular flexibility index (Phi) is 3.95. The van der Waals surface area contributed by atoms with Gasteiger partial charge in [-0.25, -0.2) is 9.18 Å². The summed E-state index contributed by atoms with van der Waals surface area (Å²) in [4.78, 5) is 16.0. The Morgan fingerprint density at radius 2 is 2.24 bits per heavy atom. The molecule has 0 spiro atoms. The monoisotopic (exact) mass is 292 g/mol. The first-order valence-electron chi connectivity index (χ1n) is 7.54. The fourth-order valence-electron chi connectivity index (χ4n) is 3.54. The molecule has 3 rings (SSSR count). The van der Waals surface area contributed by atoms with Crippen LogP contribution in [0.1, 0.15) is 35.7 Å². The van der Waals surface area contributed by atoms with Crippen molar-refractivity contribution in [3.8, 4) is 0 Å². The molecule has 2 aliphatic heterocycles. The number of aromatic carboxylic acids is 1. The highest BCUT2D eigenvalue weighted by Gasteiger charge is 2.34. The number of piperazine rings is 1. The number of hydrogen-bond donors (Lipinski definition) is 1. The van der Waals surface area contributed by atoms with E-state index in [1.165, 1.54) is 31.5 Å². The molecule has 0 amide bonds. The van der Waals surface area contributed by atoms with E-state index in [2.05, 4.69) is 16.7 Å². The largest absolute Gasteiger partial charge is 0.478 e. The summed E-state index contributed by atoms with van der Waals surface area (Å²) in [5.74, 6) is -1.87. The number of carbonyl (C=O) groups is 1. The minimum atomic E-state index is -1.21. The molecule has 2 atom stereocenters. The van der Waals surface area contributed by atoms with E-state index in [0.717, 1.165) is 18.7 Å². The Hall–Kier alpha value is -1.46. The fraction of sp³-hybridized carbons (Fsp3) is 0.562. The number of benzene rings is 1. The molecule has 1 aromatic rings. The third kappa shape index (κ3) is 2.94. The third-order valence-electron chi connectivity index (χ3n) is 4.71. The van der Waals surface area contributed by atoms with Gasteiger partial charge in [-0.3, -0.25) is 9.80 Å². The van der Waals surface area contributed by atoms with Crippen molar-refractivity contribution >= 4 is 5.97 Å². The fourth-order valence-corrected chi connectivity index (χ4v) is 3.54. The van der Waals surface area contributed by atoms with Crippen LogP contribution >= 0.6 is 0 Å². The summed E-state index contributed by atoms with van der Waals surface area (Å²) in [7, 11) is 0. The van der Waals surface area contributed by atoms with Gasteiger partial charge in [-0.05, 0) is 44.0 Å². The van der Waals surface area contributed by atoms with Crippen molar-refractivity contribution in [2.45, 2.75) is 38.4 Å². The maximum Gasteiger partial charge on any atom is 0.338 e. The summed E-state index contributed by atoms with van der Waals surface area (Å²) in [6, 6.07) is 5.48.